The van der Waals surface area contributed by atoms with Crippen molar-refractivity contribution < 1.29 is 19.4 Å². The summed E-state index contributed by atoms with van der Waals surface area (Å²) in [5.74, 6) is -0.896. The van der Waals surface area contributed by atoms with E-state index in [0.717, 1.165) is 0 Å². The number of halogens is 1. The molecular weight excluding hydrogens is 222 g/mol. The summed E-state index contributed by atoms with van der Waals surface area (Å²) in [6, 6.07) is 1.28. The van der Waals surface area contributed by atoms with Gasteiger partial charge in [-0.2, -0.15) is 0 Å². The molecule has 0 atom stereocenters. The molecule has 15 heavy (non-hydrogen) atoms. The van der Waals surface area contributed by atoms with Gasteiger partial charge in [0.05, 0.1) is 23.4 Å². The number of aromatic carboxylic acids is 1. The quantitative estimate of drug-likeness (QED) is 0.777. The van der Waals surface area contributed by atoms with Gasteiger partial charge in [-0.3, -0.25) is 0 Å². The molecule has 0 aliphatic rings. The second-order valence-corrected chi connectivity index (χ2v) is 3.06. The molecule has 0 unspecified atom stereocenters. The molecule has 0 aliphatic carbocycles. The van der Waals surface area contributed by atoms with Gasteiger partial charge >= 0.3 is 5.97 Å². The van der Waals surface area contributed by atoms with Gasteiger partial charge in [0.15, 0.2) is 0 Å². The first-order chi connectivity index (χ1) is 7.15. The SMILES string of the molecule is COCCOc1cc(C(=O)O)c(Cl)cn1. The van der Waals surface area contributed by atoms with Gasteiger partial charge in [0.1, 0.15) is 6.61 Å². The van der Waals surface area contributed by atoms with Crippen LogP contribution in [0.25, 0.3) is 0 Å². The van der Waals surface area contributed by atoms with Crippen LogP contribution in [0.15, 0.2) is 12.3 Å². The van der Waals surface area contributed by atoms with E-state index in [2.05, 4.69) is 4.98 Å². The summed E-state index contributed by atoms with van der Waals surface area (Å²) in [6.45, 7) is 0.719. The smallest absolute Gasteiger partial charge is 0.337 e. The summed E-state index contributed by atoms with van der Waals surface area (Å²) in [7, 11) is 1.54. The highest BCUT2D eigenvalue weighted by molar-refractivity contribution is 6.33. The van der Waals surface area contributed by atoms with Crippen molar-refractivity contribution in [2.45, 2.75) is 0 Å². The Morgan fingerprint density at radius 3 is 2.93 bits per heavy atom. The van der Waals surface area contributed by atoms with E-state index in [4.69, 9.17) is 26.2 Å². The summed E-state index contributed by atoms with van der Waals surface area (Å²) in [5.41, 5.74) is -0.0286. The number of carbonyl (C=O) groups is 1. The highest BCUT2D eigenvalue weighted by Gasteiger charge is 2.10. The predicted molar refractivity (Wildman–Crippen MR) is 53.6 cm³/mol. The average molecular weight is 232 g/mol. The van der Waals surface area contributed by atoms with E-state index in [1.165, 1.54) is 12.3 Å². The van der Waals surface area contributed by atoms with Gasteiger partial charge in [-0.05, 0) is 0 Å². The van der Waals surface area contributed by atoms with E-state index in [0.29, 0.717) is 13.2 Å². The third-order valence-corrected chi connectivity index (χ3v) is 1.90. The molecule has 0 fully saturated rings. The molecule has 0 saturated carbocycles. The Bertz CT molecular complexity index is 356. The number of aromatic nitrogens is 1. The highest BCUT2D eigenvalue weighted by Crippen LogP contribution is 2.19. The topological polar surface area (TPSA) is 68.7 Å². The van der Waals surface area contributed by atoms with Crippen LogP contribution in [0.2, 0.25) is 5.02 Å². The van der Waals surface area contributed by atoms with Gasteiger partial charge in [-0.1, -0.05) is 11.6 Å². The van der Waals surface area contributed by atoms with Gasteiger partial charge in [0.25, 0.3) is 0 Å². The van der Waals surface area contributed by atoms with Gasteiger partial charge in [-0.15, -0.1) is 0 Å². The Morgan fingerprint density at radius 2 is 2.33 bits per heavy atom. The van der Waals surface area contributed by atoms with Crippen LogP contribution in [0.4, 0.5) is 0 Å². The molecule has 5 nitrogen and oxygen atoms in total. The molecule has 82 valence electrons. The van der Waals surface area contributed by atoms with Crippen molar-refractivity contribution >= 4 is 17.6 Å². The summed E-state index contributed by atoms with van der Waals surface area (Å²) in [6.07, 6.45) is 1.24. The zero-order chi connectivity index (χ0) is 11.3. The molecule has 1 rings (SSSR count). The first-order valence-electron chi connectivity index (χ1n) is 4.15. The minimum Gasteiger partial charge on any atom is -0.478 e. The fourth-order valence-corrected chi connectivity index (χ4v) is 1.08. The van der Waals surface area contributed by atoms with Crippen LogP contribution >= 0.6 is 11.6 Å². The molecule has 1 heterocycles. The van der Waals surface area contributed by atoms with Crippen molar-refractivity contribution in [1.29, 1.82) is 0 Å². The lowest BCUT2D eigenvalue weighted by molar-refractivity contribution is 0.0696. The van der Waals surface area contributed by atoms with Crippen LogP contribution in [0, 0.1) is 0 Å². The van der Waals surface area contributed by atoms with Gasteiger partial charge in [0, 0.05) is 13.2 Å². The number of methoxy groups -OCH3 is 1. The van der Waals surface area contributed by atoms with E-state index in [9.17, 15) is 4.79 Å². The summed E-state index contributed by atoms with van der Waals surface area (Å²) < 4.78 is 9.90. The molecule has 0 spiro atoms. The van der Waals surface area contributed by atoms with Crippen molar-refractivity contribution in [3.8, 4) is 5.88 Å². The lowest BCUT2D eigenvalue weighted by atomic mass is 10.3. The van der Waals surface area contributed by atoms with Crippen molar-refractivity contribution in [3.05, 3.63) is 22.8 Å². The van der Waals surface area contributed by atoms with Gasteiger partial charge < -0.3 is 14.6 Å². The molecule has 0 amide bonds. The molecular formula is C9H10ClNO4. The standard InChI is InChI=1S/C9H10ClNO4/c1-14-2-3-15-8-4-6(9(12)13)7(10)5-11-8/h4-5H,2-3H2,1H3,(H,12,13). The van der Waals surface area contributed by atoms with Gasteiger partial charge in [0.2, 0.25) is 5.88 Å². The van der Waals surface area contributed by atoms with Crippen LogP contribution < -0.4 is 4.74 Å². The maximum absolute atomic E-state index is 10.7. The van der Waals surface area contributed by atoms with E-state index in [1.807, 2.05) is 0 Å². The van der Waals surface area contributed by atoms with E-state index in [1.54, 1.807) is 7.11 Å². The number of hydrogen-bond acceptors (Lipinski definition) is 4. The largest absolute Gasteiger partial charge is 0.478 e. The summed E-state index contributed by atoms with van der Waals surface area (Å²) in [4.78, 5) is 14.5. The van der Waals surface area contributed by atoms with Crippen molar-refractivity contribution in [3.63, 3.8) is 0 Å². The Balaban J connectivity index is 2.74. The molecule has 0 radical (unpaired) electrons. The van der Waals surface area contributed by atoms with E-state index in [-0.39, 0.29) is 16.5 Å². The first-order valence-corrected chi connectivity index (χ1v) is 4.53. The lowest BCUT2D eigenvalue weighted by Crippen LogP contribution is -2.06. The van der Waals surface area contributed by atoms with Crippen LogP contribution in [-0.2, 0) is 4.74 Å². The second kappa shape index (κ2) is 5.53. The number of rotatable bonds is 5. The van der Waals surface area contributed by atoms with E-state index >= 15 is 0 Å². The number of ether oxygens (including phenoxy) is 2. The molecule has 0 bridgehead atoms. The van der Waals surface area contributed by atoms with Crippen molar-refractivity contribution in [2.75, 3.05) is 20.3 Å². The third-order valence-electron chi connectivity index (χ3n) is 1.60. The molecule has 1 N–H and O–H groups in total. The molecule has 0 saturated heterocycles. The number of carboxylic acids is 1. The number of hydrogen-bond donors (Lipinski definition) is 1. The minimum absolute atomic E-state index is 0.0286. The highest BCUT2D eigenvalue weighted by atomic mass is 35.5. The van der Waals surface area contributed by atoms with Crippen LogP contribution in [0.3, 0.4) is 0 Å². The fraction of sp³-hybridized carbons (Fsp3) is 0.333. The summed E-state index contributed by atoms with van der Waals surface area (Å²) in [5, 5.41) is 8.85. The monoisotopic (exact) mass is 231 g/mol. The van der Waals surface area contributed by atoms with Gasteiger partial charge in [-0.25, -0.2) is 9.78 Å². The van der Waals surface area contributed by atoms with Crippen LogP contribution in [0.5, 0.6) is 5.88 Å². The Morgan fingerprint density at radius 1 is 1.60 bits per heavy atom. The third kappa shape index (κ3) is 3.38. The maximum Gasteiger partial charge on any atom is 0.337 e. The number of nitrogens with zero attached hydrogens (tertiary/aromatic N) is 1. The average Bonchev–Trinajstić information content (AvgIpc) is 2.20. The zero-order valence-corrected chi connectivity index (χ0v) is 8.82. The predicted octanol–water partition coefficient (Wildman–Crippen LogP) is 1.46. The Hall–Kier alpha value is -1.33. The normalized spacial score (nSPS) is 10.0. The number of pyridine rings is 1. The Kier molecular flexibility index (Phi) is 4.33. The Labute approximate surface area is 91.6 Å². The zero-order valence-electron chi connectivity index (χ0n) is 8.07. The van der Waals surface area contributed by atoms with Crippen LogP contribution in [-0.4, -0.2) is 36.4 Å². The number of carboxylic acid groups (broad SMARTS) is 1. The lowest BCUT2D eigenvalue weighted by Gasteiger charge is -2.05. The molecule has 1 aromatic rings. The summed E-state index contributed by atoms with van der Waals surface area (Å²) >= 11 is 5.63. The second-order valence-electron chi connectivity index (χ2n) is 2.65. The molecule has 1 aromatic heterocycles. The maximum atomic E-state index is 10.7. The first kappa shape index (κ1) is 11.7. The molecule has 6 heteroatoms. The van der Waals surface area contributed by atoms with E-state index < -0.39 is 5.97 Å². The van der Waals surface area contributed by atoms with Crippen molar-refractivity contribution in [1.82, 2.24) is 4.98 Å². The van der Waals surface area contributed by atoms with Crippen molar-refractivity contribution in [2.24, 2.45) is 0 Å². The fourth-order valence-electron chi connectivity index (χ4n) is 0.892. The van der Waals surface area contributed by atoms with Crippen LogP contribution in [0.1, 0.15) is 10.4 Å². The minimum atomic E-state index is -1.11. The molecule has 0 aromatic carbocycles. The molecule has 0 aliphatic heterocycles.